The van der Waals surface area contributed by atoms with Crippen molar-refractivity contribution in [3.05, 3.63) is 39.9 Å². The van der Waals surface area contributed by atoms with Gasteiger partial charge in [0, 0.05) is 30.8 Å². The van der Waals surface area contributed by atoms with Gasteiger partial charge in [0.2, 0.25) is 0 Å². The van der Waals surface area contributed by atoms with Crippen LogP contribution in [0.2, 0.25) is 0 Å². The Hall–Kier alpha value is -1.46. The molecular formula is C11H17N3O2. The number of rotatable bonds is 6. The third-order valence-electron chi connectivity index (χ3n) is 2.35. The van der Waals surface area contributed by atoms with Crippen molar-refractivity contribution >= 4 is 5.69 Å². The molecule has 16 heavy (non-hydrogen) atoms. The molecule has 5 heteroatoms. The molecule has 0 radical (unpaired) electrons. The van der Waals surface area contributed by atoms with Crippen molar-refractivity contribution in [2.45, 2.75) is 19.4 Å². The summed E-state index contributed by atoms with van der Waals surface area (Å²) in [5.74, 6) is 0. The van der Waals surface area contributed by atoms with Crippen LogP contribution in [0, 0.1) is 10.1 Å². The van der Waals surface area contributed by atoms with Crippen molar-refractivity contribution in [1.29, 1.82) is 0 Å². The molecule has 0 saturated heterocycles. The van der Waals surface area contributed by atoms with E-state index >= 15 is 0 Å². The van der Waals surface area contributed by atoms with E-state index in [9.17, 15) is 10.1 Å². The summed E-state index contributed by atoms with van der Waals surface area (Å²) in [5.41, 5.74) is 6.32. The Bertz CT molecular complexity index is 355. The van der Waals surface area contributed by atoms with Crippen molar-refractivity contribution < 1.29 is 4.92 Å². The fourth-order valence-corrected chi connectivity index (χ4v) is 1.59. The van der Waals surface area contributed by atoms with Crippen LogP contribution in [0.4, 0.5) is 5.69 Å². The van der Waals surface area contributed by atoms with Crippen LogP contribution in [0.1, 0.15) is 12.5 Å². The highest BCUT2D eigenvalue weighted by Crippen LogP contribution is 2.18. The Kier molecular flexibility index (Phi) is 4.88. The van der Waals surface area contributed by atoms with E-state index in [1.165, 1.54) is 6.07 Å². The summed E-state index contributed by atoms with van der Waals surface area (Å²) in [6.07, 6.45) is 0.636. The molecule has 1 aromatic carbocycles. The lowest BCUT2D eigenvalue weighted by Gasteiger charge is -2.12. The number of nitro groups is 1. The third-order valence-corrected chi connectivity index (χ3v) is 2.35. The SMILES string of the molecule is CC(Cc1ccccc1[N+](=O)[O-])NCCN. The van der Waals surface area contributed by atoms with Crippen LogP contribution in [0.25, 0.3) is 0 Å². The Balaban J connectivity index is 2.69. The summed E-state index contributed by atoms with van der Waals surface area (Å²) in [6, 6.07) is 7.01. The largest absolute Gasteiger partial charge is 0.329 e. The van der Waals surface area contributed by atoms with Crippen LogP contribution in [-0.2, 0) is 6.42 Å². The minimum atomic E-state index is -0.342. The monoisotopic (exact) mass is 223 g/mol. The van der Waals surface area contributed by atoms with Crippen LogP contribution >= 0.6 is 0 Å². The van der Waals surface area contributed by atoms with Crippen molar-refractivity contribution in [3.63, 3.8) is 0 Å². The molecule has 1 unspecified atom stereocenters. The van der Waals surface area contributed by atoms with Gasteiger partial charge in [-0.05, 0) is 13.3 Å². The number of para-hydroxylation sites is 1. The minimum Gasteiger partial charge on any atom is -0.329 e. The van der Waals surface area contributed by atoms with Crippen molar-refractivity contribution in [2.75, 3.05) is 13.1 Å². The number of benzene rings is 1. The lowest BCUT2D eigenvalue weighted by Crippen LogP contribution is -2.32. The van der Waals surface area contributed by atoms with E-state index in [0.29, 0.717) is 13.0 Å². The molecule has 0 heterocycles. The lowest BCUT2D eigenvalue weighted by molar-refractivity contribution is -0.385. The summed E-state index contributed by atoms with van der Waals surface area (Å²) < 4.78 is 0. The molecule has 1 aromatic rings. The van der Waals surface area contributed by atoms with Gasteiger partial charge < -0.3 is 11.1 Å². The molecule has 0 aromatic heterocycles. The van der Waals surface area contributed by atoms with Crippen molar-refractivity contribution in [1.82, 2.24) is 5.32 Å². The Morgan fingerprint density at radius 1 is 1.50 bits per heavy atom. The topological polar surface area (TPSA) is 81.2 Å². The van der Waals surface area contributed by atoms with Crippen LogP contribution in [-0.4, -0.2) is 24.1 Å². The number of nitro benzene ring substituents is 1. The van der Waals surface area contributed by atoms with E-state index < -0.39 is 0 Å². The highest BCUT2D eigenvalue weighted by Gasteiger charge is 2.14. The van der Waals surface area contributed by atoms with E-state index in [2.05, 4.69) is 5.32 Å². The van der Waals surface area contributed by atoms with Gasteiger partial charge in [-0.2, -0.15) is 0 Å². The third kappa shape index (κ3) is 3.60. The average Bonchev–Trinajstić information content (AvgIpc) is 2.27. The fourth-order valence-electron chi connectivity index (χ4n) is 1.59. The molecule has 0 fully saturated rings. The molecule has 1 atom stereocenters. The lowest BCUT2D eigenvalue weighted by atomic mass is 10.1. The van der Waals surface area contributed by atoms with Crippen LogP contribution in [0.3, 0.4) is 0 Å². The second-order valence-corrected chi connectivity index (χ2v) is 3.73. The first kappa shape index (κ1) is 12.6. The molecular weight excluding hydrogens is 206 g/mol. The van der Waals surface area contributed by atoms with Crippen molar-refractivity contribution in [3.8, 4) is 0 Å². The zero-order chi connectivity index (χ0) is 12.0. The zero-order valence-electron chi connectivity index (χ0n) is 9.35. The number of nitrogens with two attached hydrogens (primary N) is 1. The number of nitrogens with zero attached hydrogens (tertiary/aromatic N) is 1. The van der Waals surface area contributed by atoms with Crippen LogP contribution < -0.4 is 11.1 Å². The molecule has 88 valence electrons. The molecule has 0 saturated carbocycles. The van der Waals surface area contributed by atoms with E-state index in [1.807, 2.05) is 13.0 Å². The van der Waals surface area contributed by atoms with Gasteiger partial charge in [0.05, 0.1) is 4.92 Å². The van der Waals surface area contributed by atoms with Crippen molar-refractivity contribution in [2.24, 2.45) is 5.73 Å². The first-order valence-electron chi connectivity index (χ1n) is 5.31. The summed E-state index contributed by atoms with van der Waals surface area (Å²) in [7, 11) is 0. The van der Waals surface area contributed by atoms with Gasteiger partial charge in [-0.15, -0.1) is 0 Å². The second kappa shape index (κ2) is 6.19. The highest BCUT2D eigenvalue weighted by atomic mass is 16.6. The maximum absolute atomic E-state index is 10.8. The van der Waals surface area contributed by atoms with Gasteiger partial charge in [-0.25, -0.2) is 0 Å². The molecule has 0 amide bonds. The van der Waals surface area contributed by atoms with E-state index in [-0.39, 0.29) is 16.7 Å². The van der Waals surface area contributed by atoms with Gasteiger partial charge in [0.15, 0.2) is 0 Å². The first-order chi connectivity index (χ1) is 7.65. The zero-order valence-corrected chi connectivity index (χ0v) is 9.35. The highest BCUT2D eigenvalue weighted by molar-refractivity contribution is 5.40. The molecule has 5 nitrogen and oxygen atoms in total. The summed E-state index contributed by atoms with van der Waals surface area (Å²) in [4.78, 5) is 10.4. The molecule has 0 spiro atoms. The Labute approximate surface area is 94.8 Å². The summed E-state index contributed by atoms with van der Waals surface area (Å²) in [6.45, 7) is 3.29. The number of hydrogen-bond donors (Lipinski definition) is 2. The average molecular weight is 223 g/mol. The van der Waals surface area contributed by atoms with Crippen LogP contribution in [0.5, 0.6) is 0 Å². The normalized spacial score (nSPS) is 12.4. The van der Waals surface area contributed by atoms with E-state index in [0.717, 1.165) is 12.1 Å². The first-order valence-corrected chi connectivity index (χ1v) is 5.31. The molecule has 0 aliphatic heterocycles. The van der Waals surface area contributed by atoms with E-state index in [1.54, 1.807) is 12.1 Å². The van der Waals surface area contributed by atoms with Gasteiger partial charge >= 0.3 is 0 Å². The predicted molar refractivity (Wildman–Crippen MR) is 63.3 cm³/mol. The van der Waals surface area contributed by atoms with Gasteiger partial charge in [-0.1, -0.05) is 18.2 Å². The van der Waals surface area contributed by atoms with E-state index in [4.69, 9.17) is 5.73 Å². The van der Waals surface area contributed by atoms with Gasteiger partial charge in [0.25, 0.3) is 5.69 Å². The fraction of sp³-hybridized carbons (Fsp3) is 0.455. The van der Waals surface area contributed by atoms with Crippen LogP contribution in [0.15, 0.2) is 24.3 Å². The Morgan fingerprint density at radius 3 is 2.81 bits per heavy atom. The van der Waals surface area contributed by atoms with Gasteiger partial charge in [-0.3, -0.25) is 10.1 Å². The second-order valence-electron chi connectivity index (χ2n) is 3.73. The predicted octanol–water partition coefficient (Wildman–Crippen LogP) is 1.07. The quantitative estimate of drug-likeness (QED) is 0.558. The maximum Gasteiger partial charge on any atom is 0.272 e. The molecule has 3 N–H and O–H groups in total. The standard InChI is InChI=1S/C11H17N3O2/c1-9(13-7-6-12)8-10-4-2-3-5-11(10)14(15)16/h2-5,9,13H,6-8,12H2,1H3. The molecule has 0 aliphatic rings. The minimum absolute atomic E-state index is 0.184. The molecule has 0 bridgehead atoms. The Morgan fingerprint density at radius 2 is 2.19 bits per heavy atom. The smallest absolute Gasteiger partial charge is 0.272 e. The summed E-state index contributed by atoms with van der Waals surface area (Å²) >= 11 is 0. The van der Waals surface area contributed by atoms with Gasteiger partial charge in [0.1, 0.15) is 0 Å². The molecule has 1 rings (SSSR count). The number of hydrogen-bond acceptors (Lipinski definition) is 4. The maximum atomic E-state index is 10.8. The molecule has 0 aliphatic carbocycles. The number of nitrogens with one attached hydrogen (secondary N) is 1. The summed E-state index contributed by atoms with van der Waals surface area (Å²) in [5, 5.41) is 14.0.